The number of anilines is 1. The number of aliphatic carboxylic acids is 1. The molecule has 0 bridgehead atoms. The molecule has 1 N–H and O–H groups in total. The van der Waals surface area contributed by atoms with Crippen molar-refractivity contribution in [1.82, 2.24) is 0 Å². The monoisotopic (exact) mass is 349 g/mol. The van der Waals surface area contributed by atoms with Crippen LogP contribution in [0.15, 0.2) is 46.9 Å². The highest BCUT2D eigenvalue weighted by Gasteiger charge is 2.33. The first-order valence-corrected chi connectivity index (χ1v) is 7.37. The molecule has 21 heavy (non-hydrogen) atoms. The number of carboxylic acids is 1. The maximum atomic E-state index is 13.6. The summed E-state index contributed by atoms with van der Waals surface area (Å²) in [5, 5.41) is 9.35. The molecular weight excluding hydrogens is 337 g/mol. The standard InChI is InChI=1S/C16H13BrFNO2/c17-15-10(4-3-6-13(15)18)8-19-9-12(16(20)21)11-5-1-2-7-14(11)19/h1-7,12H,8-9H2,(H,20,21). The second kappa shape index (κ2) is 5.48. The van der Waals surface area contributed by atoms with E-state index in [-0.39, 0.29) is 5.82 Å². The minimum Gasteiger partial charge on any atom is -0.481 e. The molecule has 1 atom stereocenters. The molecule has 1 heterocycles. The van der Waals surface area contributed by atoms with Crippen LogP contribution >= 0.6 is 15.9 Å². The van der Waals surface area contributed by atoms with E-state index in [0.29, 0.717) is 17.6 Å². The summed E-state index contributed by atoms with van der Waals surface area (Å²) in [5.74, 6) is -1.67. The highest BCUT2D eigenvalue weighted by molar-refractivity contribution is 9.10. The van der Waals surface area contributed by atoms with E-state index >= 15 is 0 Å². The van der Waals surface area contributed by atoms with Crippen LogP contribution in [0, 0.1) is 5.82 Å². The van der Waals surface area contributed by atoms with Crippen LogP contribution in [0.1, 0.15) is 17.0 Å². The summed E-state index contributed by atoms with van der Waals surface area (Å²) in [5.41, 5.74) is 2.52. The van der Waals surface area contributed by atoms with E-state index in [1.165, 1.54) is 6.07 Å². The summed E-state index contributed by atoms with van der Waals surface area (Å²) in [6.45, 7) is 0.872. The Hall–Kier alpha value is -1.88. The number of benzene rings is 2. The second-order valence-electron chi connectivity index (χ2n) is 5.04. The Bertz CT molecular complexity index is 704. The van der Waals surface area contributed by atoms with E-state index in [1.807, 2.05) is 35.2 Å². The summed E-state index contributed by atoms with van der Waals surface area (Å²) < 4.78 is 14.0. The van der Waals surface area contributed by atoms with E-state index in [0.717, 1.165) is 16.8 Å². The average Bonchev–Trinajstić information content (AvgIpc) is 2.83. The molecule has 0 spiro atoms. The zero-order valence-electron chi connectivity index (χ0n) is 11.1. The Kier molecular flexibility index (Phi) is 3.68. The number of hydrogen-bond acceptors (Lipinski definition) is 2. The first-order valence-electron chi connectivity index (χ1n) is 6.57. The van der Waals surface area contributed by atoms with Gasteiger partial charge in [0.15, 0.2) is 0 Å². The number of hydrogen-bond donors (Lipinski definition) is 1. The van der Waals surface area contributed by atoms with Crippen molar-refractivity contribution >= 4 is 27.6 Å². The molecule has 2 aromatic rings. The fourth-order valence-corrected chi connectivity index (χ4v) is 3.11. The first kappa shape index (κ1) is 14.1. The predicted molar refractivity (Wildman–Crippen MR) is 82.0 cm³/mol. The van der Waals surface area contributed by atoms with Crippen LogP contribution in [-0.2, 0) is 11.3 Å². The summed E-state index contributed by atoms with van der Waals surface area (Å²) in [6, 6.07) is 12.4. The maximum Gasteiger partial charge on any atom is 0.312 e. The minimum absolute atomic E-state index is 0.310. The van der Waals surface area contributed by atoms with Crippen molar-refractivity contribution in [3.8, 4) is 0 Å². The van der Waals surface area contributed by atoms with Gasteiger partial charge in [0, 0.05) is 18.8 Å². The highest BCUT2D eigenvalue weighted by Crippen LogP contribution is 2.37. The number of rotatable bonds is 3. The lowest BCUT2D eigenvalue weighted by Crippen LogP contribution is -2.24. The average molecular weight is 350 g/mol. The molecule has 3 rings (SSSR count). The molecule has 0 aromatic heterocycles. The van der Waals surface area contributed by atoms with Gasteiger partial charge in [-0.05, 0) is 39.2 Å². The Labute approximate surface area is 130 Å². The molecule has 108 valence electrons. The third kappa shape index (κ3) is 2.53. The van der Waals surface area contributed by atoms with Crippen LogP contribution in [-0.4, -0.2) is 17.6 Å². The van der Waals surface area contributed by atoms with E-state index in [9.17, 15) is 14.3 Å². The molecule has 3 nitrogen and oxygen atoms in total. The van der Waals surface area contributed by atoms with Gasteiger partial charge in [0.2, 0.25) is 0 Å². The largest absolute Gasteiger partial charge is 0.481 e. The molecule has 1 aliphatic rings. The molecule has 1 unspecified atom stereocenters. The van der Waals surface area contributed by atoms with Crippen molar-refractivity contribution in [3.05, 3.63) is 63.9 Å². The smallest absolute Gasteiger partial charge is 0.312 e. The number of carbonyl (C=O) groups is 1. The normalized spacial score (nSPS) is 16.9. The second-order valence-corrected chi connectivity index (χ2v) is 5.84. The number of nitrogens with zero attached hydrogens (tertiary/aromatic N) is 1. The Morgan fingerprint density at radius 3 is 2.81 bits per heavy atom. The quantitative estimate of drug-likeness (QED) is 0.916. The lowest BCUT2D eigenvalue weighted by molar-refractivity contribution is -0.138. The van der Waals surface area contributed by atoms with Crippen molar-refractivity contribution in [2.24, 2.45) is 0 Å². The summed E-state index contributed by atoms with van der Waals surface area (Å²) in [6.07, 6.45) is 0. The van der Waals surface area contributed by atoms with Crippen LogP contribution in [0.5, 0.6) is 0 Å². The molecule has 1 aliphatic heterocycles. The van der Waals surface area contributed by atoms with E-state index in [2.05, 4.69) is 15.9 Å². The van der Waals surface area contributed by atoms with Crippen molar-refractivity contribution in [3.63, 3.8) is 0 Å². The van der Waals surface area contributed by atoms with E-state index < -0.39 is 11.9 Å². The molecule has 0 radical (unpaired) electrons. The maximum absolute atomic E-state index is 13.6. The molecule has 2 aromatic carbocycles. The van der Waals surface area contributed by atoms with Gasteiger partial charge in [0.1, 0.15) is 11.7 Å². The number of fused-ring (bicyclic) bond motifs is 1. The van der Waals surface area contributed by atoms with Gasteiger partial charge in [0.05, 0.1) is 4.47 Å². The van der Waals surface area contributed by atoms with Crippen LogP contribution in [0.3, 0.4) is 0 Å². The molecule has 0 amide bonds. The van der Waals surface area contributed by atoms with Crippen LogP contribution in [0.4, 0.5) is 10.1 Å². The van der Waals surface area contributed by atoms with Crippen LogP contribution in [0.25, 0.3) is 0 Å². The van der Waals surface area contributed by atoms with Gasteiger partial charge in [-0.1, -0.05) is 30.3 Å². The van der Waals surface area contributed by atoms with Gasteiger partial charge in [-0.25, -0.2) is 4.39 Å². The van der Waals surface area contributed by atoms with Gasteiger partial charge in [-0.2, -0.15) is 0 Å². The van der Waals surface area contributed by atoms with Crippen molar-refractivity contribution < 1.29 is 14.3 Å². The topological polar surface area (TPSA) is 40.5 Å². The lowest BCUT2D eigenvalue weighted by atomic mass is 10.0. The van der Waals surface area contributed by atoms with Gasteiger partial charge in [0.25, 0.3) is 0 Å². The van der Waals surface area contributed by atoms with E-state index in [4.69, 9.17) is 0 Å². The molecule has 0 saturated carbocycles. The number of carboxylic acid groups (broad SMARTS) is 1. The third-order valence-corrected chi connectivity index (χ3v) is 4.63. The number of para-hydroxylation sites is 1. The van der Waals surface area contributed by atoms with Gasteiger partial charge >= 0.3 is 5.97 Å². The van der Waals surface area contributed by atoms with Crippen LogP contribution in [0.2, 0.25) is 0 Å². The Morgan fingerprint density at radius 1 is 1.29 bits per heavy atom. The van der Waals surface area contributed by atoms with Crippen LogP contribution < -0.4 is 4.90 Å². The molecule has 0 aliphatic carbocycles. The zero-order chi connectivity index (χ0) is 15.0. The molecule has 0 fully saturated rings. The first-order chi connectivity index (χ1) is 10.1. The zero-order valence-corrected chi connectivity index (χ0v) is 12.7. The van der Waals surface area contributed by atoms with Crippen molar-refractivity contribution in [1.29, 1.82) is 0 Å². The van der Waals surface area contributed by atoms with Gasteiger partial charge in [-0.3, -0.25) is 4.79 Å². The van der Waals surface area contributed by atoms with E-state index in [1.54, 1.807) is 6.07 Å². The number of halogens is 2. The van der Waals surface area contributed by atoms with Gasteiger partial charge < -0.3 is 10.0 Å². The third-order valence-electron chi connectivity index (χ3n) is 3.75. The molecule has 0 saturated heterocycles. The molecule has 5 heteroatoms. The summed E-state index contributed by atoms with van der Waals surface area (Å²) in [4.78, 5) is 13.4. The Morgan fingerprint density at radius 2 is 2.05 bits per heavy atom. The minimum atomic E-state index is -0.830. The summed E-state index contributed by atoms with van der Waals surface area (Å²) >= 11 is 3.25. The Balaban J connectivity index is 1.94. The fourth-order valence-electron chi connectivity index (χ4n) is 2.72. The van der Waals surface area contributed by atoms with Crippen molar-refractivity contribution in [2.45, 2.75) is 12.5 Å². The predicted octanol–water partition coefficient (Wildman–Crippen LogP) is 3.78. The highest BCUT2D eigenvalue weighted by atomic mass is 79.9. The SMILES string of the molecule is O=C(O)C1CN(Cc2cccc(F)c2Br)c2ccccc21. The fraction of sp³-hybridized carbons (Fsp3) is 0.188. The summed E-state index contributed by atoms with van der Waals surface area (Å²) in [7, 11) is 0. The molecular formula is C16H13BrFNO2. The lowest BCUT2D eigenvalue weighted by Gasteiger charge is -2.20. The van der Waals surface area contributed by atoms with Crippen molar-refractivity contribution in [2.75, 3.05) is 11.4 Å². The van der Waals surface area contributed by atoms with Gasteiger partial charge in [-0.15, -0.1) is 0 Å².